The van der Waals surface area contributed by atoms with Crippen molar-refractivity contribution >= 4 is 5.97 Å². The van der Waals surface area contributed by atoms with Crippen molar-refractivity contribution in [3.05, 3.63) is 11.6 Å². The van der Waals surface area contributed by atoms with Crippen LogP contribution in [0.25, 0.3) is 0 Å². The fraction of sp³-hybridized carbons (Fsp3) is 0.857. The molecular formula is C21H36N2O3+2. The van der Waals surface area contributed by atoms with Gasteiger partial charge in [-0.25, -0.2) is 0 Å². The predicted octanol–water partition coefficient (Wildman–Crippen LogP) is -0.486. The summed E-state index contributed by atoms with van der Waals surface area (Å²) in [6.45, 7) is 10.1. The molecule has 0 unspecified atom stereocenters. The summed E-state index contributed by atoms with van der Waals surface area (Å²) in [5.74, 6) is 0.175. The van der Waals surface area contributed by atoms with Crippen molar-refractivity contribution in [3.63, 3.8) is 0 Å². The molecule has 5 heteroatoms. The van der Waals surface area contributed by atoms with Gasteiger partial charge in [0.1, 0.15) is 25.1 Å². The number of carbonyl (C=O) groups is 1. The average molecular weight is 365 g/mol. The van der Waals surface area contributed by atoms with Crippen molar-refractivity contribution in [2.24, 2.45) is 23.2 Å². The number of allylic oxidation sites excluding steroid dienone is 1. The van der Waals surface area contributed by atoms with Crippen molar-refractivity contribution in [1.29, 1.82) is 0 Å². The van der Waals surface area contributed by atoms with E-state index in [-0.39, 0.29) is 29.3 Å². The van der Waals surface area contributed by atoms with E-state index in [2.05, 4.69) is 25.2 Å². The van der Waals surface area contributed by atoms with Crippen LogP contribution in [0.2, 0.25) is 0 Å². The lowest BCUT2D eigenvalue weighted by molar-refractivity contribution is -0.901. The molecule has 0 aromatic rings. The van der Waals surface area contributed by atoms with Gasteiger partial charge in [-0.2, -0.15) is 0 Å². The summed E-state index contributed by atoms with van der Waals surface area (Å²) >= 11 is 0. The number of fused-ring (bicyclic) bond motifs is 2. The van der Waals surface area contributed by atoms with Crippen molar-refractivity contribution in [3.8, 4) is 0 Å². The van der Waals surface area contributed by atoms with Crippen LogP contribution < -0.4 is 10.2 Å². The van der Waals surface area contributed by atoms with Crippen LogP contribution in [0, 0.1) is 23.2 Å². The Hall–Kier alpha value is -0.910. The van der Waals surface area contributed by atoms with Crippen LogP contribution in [-0.2, 0) is 9.53 Å². The second-order valence-corrected chi connectivity index (χ2v) is 9.32. The summed E-state index contributed by atoms with van der Waals surface area (Å²) in [5.41, 5.74) is 1.13. The lowest BCUT2D eigenvalue weighted by Gasteiger charge is -2.51. The molecule has 2 aliphatic carbocycles. The number of esters is 1. The molecule has 2 heterocycles. The lowest BCUT2D eigenvalue weighted by Crippen LogP contribution is -3.13. The monoisotopic (exact) mass is 364 g/mol. The summed E-state index contributed by atoms with van der Waals surface area (Å²) in [6.07, 6.45) is 7.44. The van der Waals surface area contributed by atoms with Crippen LogP contribution in [0.1, 0.15) is 46.0 Å². The van der Waals surface area contributed by atoms with Crippen molar-refractivity contribution < 1.29 is 24.9 Å². The van der Waals surface area contributed by atoms with E-state index in [4.69, 9.17) is 4.74 Å². The molecule has 0 amide bonds. The van der Waals surface area contributed by atoms with Crippen LogP contribution in [0.15, 0.2) is 11.6 Å². The zero-order valence-corrected chi connectivity index (χ0v) is 16.4. The van der Waals surface area contributed by atoms with E-state index < -0.39 is 6.10 Å². The van der Waals surface area contributed by atoms with Gasteiger partial charge >= 0.3 is 5.97 Å². The minimum absolute atomic E-state index is 0.0411. The number of nitrogens with one attached hydrogen (secondary N) is 1. The zero-order valence-electron chi connectivity index (χ0n) is 16.4. The second-order valence-electron chi connectivity index (χ2n) is 9.32. The van der Waals surface area contributed by atoms with Gasteiger partial charge in [0.2, 0.25) is 0 Å². The van der Waals surface area contributed by atoms with Crippen LogP contribution in [0.4, 0.5) is 0 Å². The number of hydrogen-bond donors (Lipinski definition) is 3. The van der Waals surface area contributed by atoms with Gasteiger partial charge in [-0.15, -0.1) is 0 Å². The number of ether oxygens (including phenoxy) is 1. The Morgan fingerprint density at radius 1 is 1.38 bits per heavy atom. The Kier molecular flexibility index (Phi) is 5.15. The third kappa shape index (κ3) is 3.02. The van der Waals surface area contributed by atoms with Gasteiger partial charge in [0.25, 0.3) is 0 Å². The van der Waals surface area contributed by atoms with Gasteiger partial charge in [-0.05, 0) is 18.8 Å². The number of nitrogens with two attached hydrogens (primary N) is 1. The van der Waals surface area contributed by atoms with Crippen LogP contribution in [-0.4, -0.2) is 56.0 Å². The highest BCUT2D eigenvalue weighted by Gasteiger charge is 2.60. The van der Waals surface area contributed by atoms with Gasteiger partial charge in [0, 0.05) is 30.6 Å². The van der Waals surface area contributed by atoms with Crippen molar-refractivity contribution in [1.82, 2.24) is 0 Å². The standard InChI is InChI=1S/C21H34N2O3/c1-14-6-5-7-15-12-17-18(19(24)21(14,15)2)16(20(25)26-17)13-22-8-11-23-9-3-4-10-23/h7,14,16-19,22,24H,3-6,8-13H2,1-2H3/p+2/t14-,16-,17+,18+,19+,21+/m0/s1. The first-order valence-corrected chi connectivity index (χ1v) is 10.7. The molecule has 4 N–H and O–H groups in total. The van der Waals surface area contributed by atoms with Crippen LogP contribution in [0.5, 0.6) is 0 Å². The number of quaternary nitrogens is 2. The quantitative estimate of drug-likeness (QED) is 0.350. The summed E-state index contributed by atoms with van der Waals surface area (Å²) < 4.78 is 5.74. The highest BCUT2D eigenvalue weighted by atomic mass is 16.6. The number of aliphatic hydroxyl groups is 1. The van der Waals surface area contributed by atoms with Gasteiger partial charge in [0.15, 0.2) is 0 Å². The molecule has 3 fully saturated rings. The lowest BCUT2D eigenvalue weighted by atomic mass is 9.55. The van der Waals surface area contributed by atoms with E-state index in [1.165, 1.54) is 38.0 Å². The molecule has 0 aromatic carbocycles. The largest absolute Gasteiger partial charge is 0.461 e. The second kappa shape index (κ2) is 7.25. The topological polar surface area (TPSA) is 67.6 Å². The minimum Gasteiger partial charge on any atom is -0.461 e. The van der Waals surface area contributed by atoms with Gasteiger partial charge in [-0.3, -0.25) is 4.79 Å². The molecule has 5 nitrogen and oxygen atoms in total. The number of aliphatic hydroxyl groups excluding tert-OH is 1. The number of hydrogen-bond acceptors (Lipinski definition) is 3. The molecule has 146 valence electrons. The van der Waals surface area contributed by atoms with E-state index >= 15 is 0 Å². The fourth-order valence-electron chi connectivity index (χ4n) is 6.06. The molecule has 26 heavy (non-hydrogen) atoms. The molecular weight excluding hydrogens is 328 g/mol. The Labute approximate surface area is 157 Å². The highest BCUT2D eigenvalue weighted by molar-refractivity contribution is 5.76. The molecule has 6 atom stereocenters. The number of carbonyl (C=O) groups excluding carboxylic acids is 1. The van der Waals surface area contributed by atoms with Crippen molar-refractivity contribution in [2.45, 2.75) is 58.2 Å². The SMILES string of the molecule is C[C@H]1CCC=C2C[C@H]3OC(=O)[C@@H](C[NH2+]CC[NH+]4CCCC4)[C@H]3[C@@H](O)[C@@]21C. The minimum atomic E-state index is -0.475. The molecule has 4 aliphatic rings. The van der Waals surface area contributed by atoms with Gasteiger partial charge in [-0.1, -0.05) is 25.5 Å². The maximum atomic E-state index is 12.6. The highest BCUT2D eigenvalue weighted by Crippen LogP contribution is 2.55. The van der Waals surface area contributed by atoms with Crippen LogP contribution >= 0.6 is 0 Å². The Morgan fingerprint density at radius 2 is 2.15 bits per heavy atom. The zero-order chi connectivity index (χ0) is 18.3. The molecule has 2 aliphatic heterocycles. The summed E-state index contributed by atoms with van der Waals surface area (Å²) in [6, 6.07) is 0. The summed E-state index contributed by atoms with van der Waals surface area (Å²) in [5, 5.41) is 13.6. The average Bonchev–Trinajstić information content (AvgIpc) is 3.23. The maximum absolute atomic E-state index is 12.6. The normalized spacial score (nSPS) is 43.0. The van der Waals surface area contributed by atoms with E-state index in [9.17, 15) is 9.90 Å². The third-order valence-corrected chi connectivity index (χ3v) is 8.00. The molecule has 2 saturated heterocycles. The number of rotatable bonds is 5. The molecule has 0 radical (unpaired) electrons. The van der Waals surface area contributed by atoms with Gasteiger partial charge < -0.3 is 20.1 Å². The molecule has 0 aromatic heterocycles. The first kappa shape index (κ1) is 18.5. The molecule has 1 saturated carbocycles. The molecule has 4 rings (SSSR count). The Bertz CT molecular complexity index is 572. The van der Waals surface area contributed by atoms with Crippen LogP contribution in [0.3, 0.4) is 0 Å². The first-order chi connectivity index (χ1) is 12.5. The van der Waals surface area contributed by atoms with E-state index in [0.717, 1.165) is 32.4 Å². The Morgan fingerprint density at radius 3 is 2.92 bits per heavy atom. The molecule has 0 bridgehead atoms. The predicted molar refractivity (Wildman–Crippen MR) is 98.5 cm³/mol. The van der Waals surface area contributed by atoms with Gasteiger partial charge in [0.05, 0.1) is 25.7 Å². The summed E-state index contributed by atoms with van der Waals surface area (Å²) in [4.78, 5) is 14.2. The van der Waals surface area contributed by atoms with E-state index in [0.29, 0.717) is 5.92 Å². The smallest absolute Gasteiger partial charge is 0.315 e. The fourth-order valence-corrected chi connectivity index (χ4v) is 6.06. The van der Waals surface area contributed by atoms with E-state index in [1.807, 2.05) is 0 Å². The number of likely N-dealkylation sites (tertiary alicyclic amines) is 1. The van der Waals surface area contributed by atoms with E-state index in [1.54, 1.807) is 4.90 Å². The van der Waals surface area contributed by atoms with Crippen molar-refractivity contribution in [2.75, 3.05) is 32.7 Å². The maximum Gasteiger partial charge on any atom is 0.315 e. The first-order valence-electron chi connectivity index (χ1n) is 10.7. The molecule has 0 spiro atoms. The summed E-state index contributed by atoms with van der Waals surface area (Å²) in [7, 11) is 0. The Balaban J connectivity index is 1.41. The third-order valence-electron chi connectivity index (χ3n) is 8.00.